The fourth-order valence-electron chi connectivity index (χ4n) is 2.54. The van der Waals surface area contributed by atoms with Gasteiger partial charge in [0.25, 0.3) is 6.43 Å². The summed E-state index contributed by atoms with van der Waals surface area (Å²) in [6.45, 7) is 1.77. The van der Waals surface area contributed by atoms with Crippen LogP contribution < -0.4 is 4.90 Å². The fraction of sp³-hybridized carbons (Fsp3) is 0.455. The van der Waals surface area contributed by atoms with E-state index in [2.05, 4.69) is 10.1 Å². The monoisotopic (exact) mass is 272 g/mol. The molecule has 0 amide bonds. The first-order chi connectivity index (χ1) is 8.43. The van der Waals surface area contributed by atoms with Gasteiger partial charge in [-0.25, -0.2) is 18.3 Å². The number of hydrogen-bond donors (Lipinski definition) is 0. The van der Waals surface area contributed by atoms with Gasteiger partial charge < -0.3 is 4.90 Å². The highest BCUT2D eigenvalue weighted by Crippen LogP contribution is 2.43. The third-order valence-corrected chi connectivity index (χ3v) is 3.62. The fourth-order valence-corrected chi connectivity index (χ4v) is 2.71. The predicted molar refractivity (Wildman–Crippen MR) is 64.6 cm³/mol. The van der Waals surface area contributed by atoms with Crippen LogP contribution in [0.15, 0.2) is 12.3 Å². The maximum atomic E-state index is 13.4. The number of anilines is 1. The Morgan fingerprint density at radius 2 is 2.22 bits per heavy atom. The topological polar surface area (TPSA) is 33.4 Å². The molecule has 3 heterocycles. The molecule has 1 aliphatic heterocycles. The molecule has 2 aromatic heterocycles. The van der Waals surface area contributed by atoms with E-state index in [-0.39, 0.29) is 11.7 Å². The van der Waals surface area contributed by atoms with Gasteiger partial charge in [-0.15, -0.1) is 0 Å². The number of nitrogens with zero attached hydrogens (tertiary/aromatic N) is 4. The molecule has 0 aromatic carbocycles. The highest BCUT2D eigenvalue weighted by atomic mass is 35.5. The van der Waals surface area contributed by atoms with Crippen LogP contribution in [0, 0.1) is 0 Å². The Labute approximate surface area is 107 Å². The lowest BCUT2D eigenvalue weighted by molar-refractivity contribution is 0.0648. The predicted octanol–water partition coefficient (Wildman–Crippen LogP) is 2.36. The molecule has 1 atom stereocenters. The van der Waals surface area contributed by atoms with Crippen molar-refractivity contribution >= 4 is 22.9 Å². The van der Waals surface area contributed by atoms with Crippen molar-refractivity contribution in [2.45, 2.75) is 18.8 Å². The van der Waals surface area contributed by atoms with Crippen LogP contribution in [0.1, 0.15) is 12.6 Å². The van der Waals surface area contributed by atoms with Gasteiger partial charge in [-0.1, -0.05) is 11.6 Å². The summed E-state index contributed by atoms with van der Waals surface area (Å²) in [6, 6.07) is 1.56. The second-order valence-corrected chi connectivity index (χ2v) is 5.19. The van der Waals surface area contributed by atoms with Crippen LogP contribution in [0.3, 0.4) is 0 Å². The summed E-state index contributed by atoms with van der Waals surface area (Å²) in [5.74, 6) is 0. The molecule has 0 spiro atoms. The summed E-state index contributed by atoms with van der Waals surface area (Å²) in [4.78, 5) is 5.95. The standard InChI is InChI=1S/C11H11ClF2N4/c1-11(10(13)14)5-17(2)6-4-15-8-3-7(12)16-18(8)9(6)11/h3-4,10H,5H2,1-2H3. The molecule has 96 valence electrons. The Balaban J connectivity index is 2.37. The van der Waals surface area contributed by atoms with E-state index in [1.807, 2.05) is 0 Å². The smallest absolute Gasteiger partial charge is 0.251 e. The van der Waals surface area contributed by atoms with Crippen LogP contribution in [-0.4, -0.2) is 34.6 Å². The lowest BCUT2D eigenvalue weighted by atomic mass is 9.89. The molecule has 0 bridgehead atoms. The summed E-state index contributed by atoms with van der Waals surface area (Å²) in [6.07, 6.45) is -0.884. The second-order valence-electron chi connectivity index (χ2n) is 4.80. The Kier molecular flexibility index (Phi) is 2.29. The molecule has 0 saturated heterocycles. The Morgan fingerprint density at radius 1 is 1.50 bits per heavy atom. The molecule has 0 fully saturated rings. The summed E-state index contributed by atoms with van der Waals surface area (Å²) in [7, 11) is 1.77. The molecule has 1 aliphatic rings. The highest BCUT2D eigenvalue weighted by Gasteiger charge is 2.47. The molecule has 0 radical (unpaired) electrons. The zero-order valence-electron chi connectivity index (χ0n) is 9.86. The largest absolute Gasteiger partial charge is 0.371 e. The van der Waals surface area contributed by atoms with Crippen molar-refractivity contribution in [1.82, 2.24) is 14.6 Å². The van der Waals surface area contributed by atoms with Gasteiger partial charge in [0, 0.05) is 19.7 Å². The van der Waals surface area contributed by atoms with Gasteiger partial charge in [0.2, 0.25) is 0 Å². The van der Waals surface area contributed by atoms with Gasteiger partial charge in [-0.05, 0) is 6.92 Å². The van der Waals surface area contributed by atoms with Crippen LogP contribution in [0.25, 0.3) is 5.65 Å². The zero-order valence-corrected chi connectivity index (χ0v) is 10.6. The number of likely N-dealkylation sites (N-methyl/N-ethyl adjacent to an activating group) is 1. The third-order valence-electron chi connectivity index (χ3n) is 3.43. The van der Waals surface area contributed by atoms with Gasteiger partial charge in [-0.3, -0.25) is 0 Å². The number of alkyl halides is 2. The normalized spacial score (nSPS) is 23.1. The average molecular weight is 273 g/mol. The molecular formula is C11H11ClF2N4. The number of halogens is 3. The quantitative estimate of drug-likeness (QED) is 0.799. The van der Waals surface area contributed by atoms with E-state index in [0.29, 0.717) is 17.0 Å². The maximum Gasteiger partial charge on any atom is 0.251 e. The first-order valence-corrected chi connectivity index (χ1v) is 5.85. The van der Waals surface area contributed by atoms with Gasteiger partial charge in [-0.2, -0.15) is 5.10 Å². The molecular weight excluding hydrogens is 262 g/mol. The molecule has 0 N–H and O–H groups in total. The van der Waals surface area contributed by atoms with E-state index in [4.69, 9.17) is 11.6 Å². The molecule has 7 heteroatoms. The number of hydrogen-bond acceptors (Lipinski definition) is 3. The van der Waals surface area contributed by atoms with Crippen LogP contribution >= 0.6 is 11.6 Å². The van der Waals surface area contributed by atoms with Gasteiger partial charge in [0.05, 0.1) is 23.0 Å². The van der Waals surface area contributed by atoms with Crippen molar-refractivity contribution in [1.29, 1.82) is 0 Å². The van der Waals surface area contributed by atoms with Crippen molar-refractivity contribution in [3.05, 3.63) is 23.1 Å². The van der Waals surface area contributed by atoms with Crippen molar-refractivity contribution in [2.75, 3.05) is 18.5 Å². The molecule has 3 rings (SSSR count). The lowest BCUT2D eigenvalue weighted by Crippen LogP contribution is -2.36. The van der Waals surface area contributed by atoms with Crippen LogP contribution in [-0.2, 0) is 5.41 Å². The third kappa shape index (κ3) is 1.35. The van der Waals surface area contributed by atoms with E-state index in [0.717, 1.165) is 0 Å². The van der Waals surface area contributed by atoms with Crippen molar-refractivity contribution in [3.63, 3.8) is 0 Å². The van der Waals surface area contributed by atoms with Crippen molar-refractivity contribution in [3.8, 4) is 0 Å². The summed E-state index contributed by atoms with van der Waals surface area (Å²) in [5.41, 5.74) is 0.364. The van der Waals surface area contributed by atoms with Crippen LogP contribution in [0.4, 0.5) is 14.5 Å². The Morgan fingerprint density at radius 3 is 2.89 bits per heavy atom. The minimum atomic E-state index is -2.48. The number of rotatable bonds is 1. The van der Waals surface area contributed by atoms with E-state index in [1.165, 1.54) is 11.4 Å². The highest BCUT2D eigenvalue weighted by molar-refractivity contribution is 6.29. The average Bonchev–Trinajstić information content (AvgIpc) is 2.77. The number of aromatic nitrogens is 3. The van der Waals surface area contributed by atoms with E-state index < -0.39 is 11.8 Å². The summed E-state index contributed by atoms with van der Waals surface area (Å²) >= 11 is 5.82. The minimum absolute atomic E-state index is 0.234. The van der Waals surface area contributed by atoms with Gasteiger partial charge in [0.1, 0.15) is 0 Å². The maximum absolute atomic E-state index is 13.4. The number of fused-ring (bicyclic) bond motifs is 3. The SMILES string of the molecule is CN1CC(C)(C(F)F)c2c1cnc1cc(Cl)nn21. The van der Waals surface area contributed by atoms with Crippen LogP contribution in [0.2, 0.25) is 5.15 Å². The Bertz CT molecular complexity index is 627. The van der Waals surface area contributed by atoms with Crippen molar-refractivity contribution < 1.29 is 8.78 Å². The molecule has 0 aliphatic carbocycles. The van der Waals surface area contributed by atoms with Gasteiger partial charge >= 0.3 is 0 Å². The first-order valence-electron chi connectivity index (χ1n) is 5.47. The lowest BCUT2D eigenvalue weighted by Gasteiger charge is -2.23. The minimum Gasteiger partial charge on any atom is -0.371 e. The Hall–Kier alpha value is -1.43. The molecule has 4 nitrogen and oxygen atoms in total. The molecule has 0 saturated carbocycles. The van der Waals surface area contributed by atoms with E-state index in [9.17, 15) is 8.78 Å². The molecule has 2 aromatic rings. The summed E-state index contributed by atoms with van der Waals surface area (Å²) < 4.78 is 28.2. The molecule has 18 heavy (non-hydrogen) atoms. The van der Waals surface area contributed by atoms with E-state index >= 15 is 0 Å². The van der Waals surface area contributed by atoms with Crippen molar-refractivity contribution in [2.24, 2.45) is 0 Å². The van der Waals surface area contributed by atoms with Gasteiger partial charge in [0.15, 0.2) is 10.8 Å². The summed E-state index contributed by atoms with van der Waals surface area (Å²) in [5, 5.41) is 4.31. The van der Waals surface area contributed by atoms with Crippen LogP contribution in [0.5, 0.6) is 0 Å². The second kappa shape index (κ2) is 3.54. The first kappa shape index (κ1) is 11.6. The van der Waals surface area contributed by atoms with E-state index in [1.54, 1.807) is 24.2 Å². The molecule has 1 unspecified atom stereocenters. The zero-order chi connectivity index (χ0) is 13.1.